The number of nitrogens with zero attached hydrogens (tertiary/aromatic N) is 4. The Kier molecular flexibility index (Phi) is 5.17. The summed E-state index contributed by atoms with van der Waals surface area (Å²) in [5.74, 6) is 1.90. The van der Waals surface area contributed by atoms with Gasteiger partial charge < -0.3 is 15.1 Å². The van der Waals surface area contributed by atoms with E-state index in [0.29, 0.717) is 0 Å². The summed E-state index contributed by atoms with van der Waals surface area (Å²) in [5, 5.41) is 3.44. The lowest BCUT2D eigenvalue weighted by Gasteiger charge is -2.33. The molecule has 0 spiro atoms. The minimum Gasteiger partial charge on any atom is -0.370 e. The second kappa shape index (κ2) is 6.88. The van der Waals surface area contributed by atoms with Crippen LogP contribution in [0.3, 0.4) is 0 Å². The van der Waals surface area contributed by atoms with Crippen LogP contribution in [-0.2, 0) is 6.42 Å². The molecule has 0 unspecified atom stereocenters. The Morgan fingerprint density at radius 1 is 1.10 bits per heavy atom. The lowest BCUT2D eigenvalue weighted by Crippen LogP contribution is -2.45. The van der Waals surface area contributed by atoms with Crippen molar-refractivity contribution in [2.24, 2.45) is 0 Å². The molecule has 0 aromatic carbocycles. The van der Waals surface area contributed by atoms with Gasteiger partial charge in [0.15, 0.2) is 0 Å². The average Bonchev–Trinajstić information content (AvgIpc) is 2.47. The summed E-state index contributed by atoms with van der Waals surface area (Å²) < 4.78 is 0. The minimum absolute atomic E-state index is 0.888. The minimum atomic E-state index is 0.888. The number of piperazine rings is 1. The number of hydrogen-bond donors (Lipinski definition) is 1. The summed E-state index contributed by atoms with van der Waals surface area (Å²) in [6, 6.07) is 0. The number of anilines is 2. The summed E-state index contributed by atoms with van der Waals surface area (Å²) >= 11 is 0. The smallest absolute Gasteiger partial charge is 0.227 e. The molecule has 0 bridgehead atoms. The van der Waals surface area contributed by atoms with E-state index in [1.807, 2.05) is 0 Å². The Balaban J connectivity index is 2.23. The predicted octanol–water partition coefficient (Wildman–Crippen LogP) is 1.92. The van der Waals surface area contributed by atoms with Crippen molar-refractivity contribution in [3.8, 4) is 0 Å². The van der Waals surface area contributed by atoms with Gasteiger partial charge in [-0.1, -0.05) is 13.8 Å². The first-order valence-electron chi connectivity index (χ1n) is 7.70. The highest BCUT2D eigenvalue weighted by Crippen LogP contribution is 2.21. The zero-order valence-corrected chi connectivity index (χ0v) is 13.2. The lowest BCUT2D eigenvalue weighted by atomic mass is 10.2. The lowest BCUT2D eigenvalue weighted by molar-refractivity contribution is 0.311. The molecule has 112 valence electrons. The Hall–Kier alpha value is -1.36. The van der Waals surface area contributed by atoms with E-state index < -0.39 is 0 Å². The van der Waals surface area contributed by atoms with Gasteiger partial charge in [-0.3, -0.25) is 0 Å². The van der Waals surface area contributed by atoms with Crippen molar-refractivity contribution < 1.29 is 0 Å². The molecule has 0 atom stereocenters. The number of likely N-dealkylation sites (N-methyl/N-ethyl adjacent to an activating group) is 1. The van der Waals surface area contributed by atoms with Crippen molar-refractivity contribution in [1.82, 2.24) is 14.9 Å². The van der Waals surface area contributed by atoms with Crippen LogP contribution in [0.4, 0.5) is 11.8 Å². The van der Waals surface area contributed by atoms with Gasteiger partial charge in [-0.25, -0.2) is 4.98 Å². The molecule has 5 nitrogen and oxygen atoms in total. The normalized spacial score (nSPS) is 16.5. The fraction of sp³-hybridized carbons (Fsp3) is 0.733. The van der Waals surface area contributed by atoms with Crippen LogP contribution in [0.25, 0.3) is 0 Å². The number of aromatic nitrogens is 2. The molecule has 1 fully saturated rings. The van der Waals surface area contributed by atoms with E-state index in [4.69, 9.17) is 9.97 Å². The first kappa shape index (κ1) is 15.0. The average molecular weight is 277 g/mol. The van der Waals surface area contributed by atoms with Crippen LogP contribution in [0, 0.1) is 6.92 Å². The third-order valence-corrected chi connectivity index (χ3v) is 3.90. The molecule has 0 radical (unpaired) electrons. The molecule has 0 saturated carbocycles. The van der Waals surface area contributed by atoms with Crippen LogP contribution < -0.4 is 10.2 Å². The van der Waals surface area contributed by atoms with Gasteiger partial charge in [-0.05, 0) is 26.8 Å². The van der Waals surface area contributed by atoms with E-state index in [1.165, 1.54) is 5.56 Å². The van der Waals surface area contributed by atoms with Gasteiger partial charge in [-0.15, -0.1) is 0 Å². The Morgan fingerprint density at radius 3 is 2.40 bits per heavy atom. The van der Waals surface area contributed by atoms with Crippen LogP contribution in [-0.4, -0.2) is 54.6 Å². The number of aryl methyl sites for hydroxylation is 1. The van der Waals surface area contributed by atoms with Gasteiger partial charge in [0.1, 0.15) is 5.82 Å². The molecule has 20 heavy (non-hydrogen) atoms. The maximum absolute atomic E-state index is 4.76. The van der Waals surface area contributed by atoms with Crippen molar-refractivity contribution in [2.45, 2.75) is 33.6 Å². The molecular weight excluding hydrogens is 250 g/mol. The summed E-state index contributed by atoms with van der Waals surface area (Å²) in [4.78, 5) is 14.2. The van der Waals surface area contributed by atoms with E-state index in [0.717, 1.165) is 63.0 Å². The second-order valence-corrected chi connectivity index (χ2v) is 5.51. The van der Waals surface area contributed by atoms with Crippen LogP contribution >= 0.6 is 0 Å². The van der Waals surface area contributed by atoms with Gasteiger partial charge in [0.25, 0.3) is 0 Å². The fourth-order valence-corrected chi connectivity index (χ4v) is 2.46. The molecule has 1 aliphatic heterocycles. The summed E-state index contributed by atoms with van der Waals surface area (Å²) in [6.45, 7) is 11.6. The predicted molar refractivity (Wildman–Crippen MR) is 84.6 cm³/mol. The molecule has 1 aromatic rings. The summed E-state index contributed by atoms with van der Waals surface area (Å²) in [7, 11) is 2.17. The van der Waals surface area contributed by atoms with Gasteiger partial charge in [0.05, 0.1) is 5.69 Å². The van der Waals surface area contributed by atoms with Crippen molar-refractivity contribution in [3.05, 3.63) is 11.3 Å². The molecule has 5 heteroatoms. The molecule has 0 amide bonds. The Morgan fingerprint density at radius 2 is 1.80 bits per heavy atom. The maximum atomic E-state index is 4.76. The zero-order valence-electron chi connectivity index (χ0n) is 13.2. The fourth-order valence-electron chi connectivity index (χ4n) is 2.46. The Bertz CT molecular complexity index is 438. The molecule has 1 aromatic heterocycles. The van der Waals surface area contributed by atoms with E-state index in [-0.39, 0.29) is 0 Å². The highest BCUT2D eigenvalue weighted by molar-refractivity contribution is 5.51. The first-order chi connectivity index (χ1) is 9.65. The number of rotatable bonds is 5. The molecule has 1 aliphatic rings. The van der Waals surface area contributed by atoms with Gasteiger partial charge in [-0.2, -0.15) is 4.98 Å². The van der Waals surface area contributed by atoms with E-state index in [9.17, 15) is 0 Å². The van der Waals surface area contributed by atoms with Crippen LogP contribution in [0.5, 0.6) is 0 Å². The third kappa shape index (κ3) is 3.39. The largest absolute Gasteiger partial charge is 0.370 e. The van der Waals surface area contributed by atoms with E-state index in [2.05, 4.69) is 42.9 Å². The van der Waals surface area contributed by atoms with Gasteiger partial charge >= 0.3 is 0 Å². The molecule has 1 N–H and O–H groups in total. The third-order valence-electron chi connectivity index (χ3n) is 3.90. The highest BCUT2D eigenvalue weighted by Gasteiger charge is 2.19. The molecule has 2 rings (SSSR count). The van der Waals surface area contributed by atoms with Crippen molar-refractivity contribution in [2.75, 3.05) is 50.0 Å². The molecule has 1 saturated heterocycles. The number of hydrogen-bond acceptors (Lipinski definition) is 5. The number of nitrogens with one attached hydrogen (secondary N) is 1. The van der Waals surface area contributed by atoms with Crippen LogP contribution in [0.2, 0.25) is 0 Å². The first-order valence-corrected chi connectivity index (χ1v) is 7.70. The SMILES string of the molecule is CCCNc1nc(N2CCN(C)CC2)nc(CC)c1C. The highest BCUT2D eigenvalue weighted by atomic mass is 15.3. The quantitative estimate of drug-likeness (QED) is 0.891. The summed E-state index contributed by atoms with van der Waals surface area (Å²) in [6.07, 6.45) is 2.06. The van der Waals surface area contributed by atoms with Gasteiger partial charge in [0, 0.05) is 38.3 Å². The van der Waals surface area contributed by atoms with Crippen molar-refractivity contribution in [1.29, 1.82) is 0 Å². The maximum Gasteiger partial charge on any atom is 0.227 e. The zero-order chi connectivity index (χ0) is 14.5. The molecule has 0 aliphatic carbocycles. The van der Waals surface area contributed by atoms with Gasteiger partial charge in [0.2, 0.25) is 5.95 Å². The van der Waals surface area contributed by atoms with Crippen LogP contribution in [0.1, 0.15) is 31.5 Å². The van der Waals surface area contributed by atoms with Crippen molar-refractivity contribution in [3.63, 3.8) is 0 Å². The van der Waals surface area contributed by atoms with Crippen LogP contribution in [0.15, 0.2) is 0 Å². The Labute approximate surface area is 122 Å². The van der Waals surface area contributed by atoms with E-state index >= 15 is 0 Å². The molecule has 2 heterocycles. The topological polar surface area (TPSA) is 44.3 Å². The van der Waals surface area contributed by atoms with Crippen molar-refractivity contribution >= 4 is 11.8 Å². The van der Waals surface area contributed by atoms with E-state index in [1.54, 1.807) is 0 Å². The second-order valence-electron chi connectivity index (χ2n) is 5.51. The standard InChI is InChI=1S/C15H27N5/c1-5-7-16-14-12(3)13(6-2)17-15(18-14)20-10-8-19(4)9-11-20/h5-11H2,1-4H3,(H,16,17,18). The molecular formula is C15H27N5. The summed E-state index contributed by atoms with van der Waals surface area (Å²) in [5.41, 5.74) is 2.35. The monoisotopic (exact) mass is 277 g/mol.